The summed E-state index contributed by atoms with van der Waals surface area (Å²) in [6.45, 7) is 3.35. The lowest BCUT2D eigenvalue weighted by atomic mass is 9.98. The maximum absolute atomic E-state index is 11.8. The molecule has 0 radical (unpaired) electrons. The summed E-state index contributed by atoms with van der Waals surface area (Å²) in [5, 5.41) is 3.46. The molecule has 1 N–H and O–H groups in total. The van der Waals surface area contributed by atoms with E-state index in [2.05, 4.69) is 24.2 Å². The van der Waals surface area contributed by atoms with Gasteiger partial charge < -0.3 is 10.2 Å². The second-order valence-electron chi connectivity index (χ2n) is 6.12. The molecule has 0 spiro atoms. The summed E-state index contributed by atoms with van der Waals surface area (Å²) in [7, 11) is -0.737. The molecule has 0 bridgehead atoms. The Morgan fingerprint density at radius 1 is 1.22 bits per heavy atom. The van der Waals surface area contributed by atoms with E-state index in [0.29, 0.717) is 12.1 Å². The third kappa shape index (κ3) is 3.25. The topological polar surface area (TPSA) is 49.4 Å². The number of hydrogen-bond donors (Lipinski definition) is 1. The summed E-state index contributed by atoms with van der Waals surface area (Å²) in [5.41, 5.74) is 0. The van der Waals surface area contributed by atoms with E-state index in [1.54, 1.807) is 0 Å². The van der Waals surface area contributed by atoms with Crippen molar-refractivity contribution in [3.8, 4) is 0 Å². The molecule has 0 aromatic rings. The predicted molar refractivity (Wildman–Crippen MR) is 74.5 cm³/mol. The number of sulfone groups is 1. The molecule has 1 aliphatic heterocycles. The highest BCUT2D eigenvalue weighted by atomic mass is 32.2. The number of nitrogens with one attached hydrogen (secondary N) is 1. The summed E-state index contributed by atoms with van der Waals surface area (Å²) < 4.78 is 23.5. The third-order valence-electron chi connectivity index (χ3n) is 4.66. The molecular formula is C13H26N2O2S. The highest BCUT2D eigenvalue weighted by molar-refractivity contribution is 7.91. The summed E-state index contributed by atoms with van der Waals surface area (Å²) >= 11 is 0. The van der Waals surface area contributed by atoms with Crippen LogP contribution in [0, 0.1) is 0 Å². The zero-order valence-electron chi connectivity index (χ0n) is 11.7. The summed E-state index contributed by atoms with van der Waals surface area (Å²) in [4.78, 5) is 2.38. The van der Waals surface area contributed by atoms with Crippen LogP contribution < -0.4 is 5.32 Å². The number of hydrogen-bond acceptors (Lipinski definition) is 4. The van der Waals surface area contributed by atoms with Crippen molar-refractivity contribution in [3.63, 3.8) is 0 Å². The molecule has 5 heteroatoms. The van der Waals surface area contributed by atoms with E-state index < -0.39 is 9.84 Å². The van der Waals surface area contributed by atoms with Crippen molar-refractivity contribution in [2.75, 3.05) is 19.8 Å². The van der Waals surface area contributed by atoms with Gasteiger partial charge in [-0.15, -0.1) is 0 Å². The number of piperidine rings is 1. The average Bonchev–Trinajstić information content (AvgIpc) is 2.71. The van der Waals surface area contributed by atoms with Gasteiger partial charge in [0.25, 0.3) is 0 Å². The first-order chi connectivity index (χ1) is 8.38. The fraction of sp³-hybridized carbons (Fsp3) is 1.00. The van der Waals surface area contributed by atoms with Gasteiger partial charge in [-0.1, -0.05) is 6.42 Å². The molecule has 1 saturated carbocycles. The van der Waals surface area contributed by atoms with E-state index in [0.717, 1.165) is 38.6 Å². The van der Waals surface area contributed by atoms with Gasteiger partial charge in [0.1, 0.15) is 0 Å². The highest BCUT2D eigenvalue weighted by Gasteiger charge is 2.36. The number of nitrogens with zero attached hydrogens (tertiary/aromatic N) is 1. The van der Waals surface area contributed by atoms with E-state index in [-0.39, 0.29) is 11.3 Å². The molecule has 4 atom stereocenters. The van der Waals surface area contributed by atoms with Crippen molar-refractivity contribution in [2.45, 2.75) is 62.4 Å². The molecule has 2 fully saturated rings. The Morgan fingerprint density at radius 2 is 1.94 bits per heavy atom. The van der Waals surface area contributed by atoms with E-state index in [4.69, 9.17) is 0 Å². The van der Waals surface area contributed by atoms with Crippen LogP contribution in [-0.2, 0) is 9.84 Å². The van der Waals surface area contributed by atoms with E-state index >= 15 is 0 Å². The Bertz CT molecular complexity index is 382. The van der Waals surface area contributed by atoms with Crippen molar-refractivity contribution < 1.29 is 8.42 Å². The Morgan fingerprint density at radius 3 is 2.56 bits per heavy atom. The zero-order valence-corrected chi connectivity index (χ0v) is 12.5. The van der Waals surface area contributed by atoms with Crippen LogP contribution in [0.25, 0.3) is 0 Å². The van der Waals surface area contributed by atoms with Gasteiger partial charge in [-0.25, -0.2) is 8.42 Å². The van der Waals surface area contributed by atoms with Crippen LogP contribution in [0.5, 0.6) is 0 Å². The van der Waals surface area contributed by atoms with Crippen molar-refractivity contribution in [1.82, 2.24) is 10.2 Å². The smallest absolute Gasteiger partial charge is 0.151 e. The molecule has 18 heavy (non-hydrogen) atoms. The molecular weight excluding hydrogens is 248 g/mol. The van der Waals surface area contributed by atoms with Crippen molar-refractivity contribution >= 4 is 9.84 Å². The maximum atomic E-state index is 11.8. The second-order valence-corrected chi connectivity index (χ2v) is 8.39. The Hall–Kier alpha value is -0.130. The second kappa shape index (κ2) is 5.47. The van der Waals surface area contributed by atoms with Gasteiger partial charge in [0, 0.05) is 24.4 Å². The zero-order chi connectivity index (χ0) is 13.3. The first-order valence-corrected chi connectivity index (χ1v) is 8.98. The van der Waals surface area contributed by atoms with Gasteiger partial charge in [0.05, 0.1) is 5.25 Å². The van der Waals surface area contributed by atoms with Gasteiger partial charge in [0.15, 0.2) is 9.84 Å². The summed E-state index contributed by atoms with van der Waals surface area (Å²) in [6.07, 6.45) is 6.53. The minimum absolute atomic E-state index is 0.160. The molecule has 106 valence electrons. The normalized spacial score (nSPS) is 39.1. The molecule has 1 heterocycles. The highest BCUT2D eigenvalue weighted by Crippen LogP contribution is 2.27. The van der Waals surface area contributed by atoms with Crippen LogP contribution in [0.2, 0.25) is 0 Å². The summed E-state index contributed by atoms with van der Waals surface area (Å²) in [6, 6.07) is 1.26. The monoisotopic (exact) mass is 274 g/mol. The van der Waals surface area contributed by atoms with Crippen molar-refractivity contribution in [3.05, 3.63) is 0 Å². The molecule has 2 aliphatic rings. The van der Waals surface area contributed by atoms with Gasteiger partial charge in [0.2, 0.25) is 0 Å². The SMILES string of the molecule is CC1CC(NC2CCCC2S(C)(=O)=O)CCN1C. The van der Waals surface area contributed by atoms with E-state index in [9.17, 15) is 8.42 Å². The lowest BCUT2D eigenvalue weighted by Crippen LogP contribution is -2.51. The van der Waals surface area contributed by atoms with E-state index in [1.165, 1.54) is 6.26 Å². The van der Waals surface area contributed by atoms with Crippen LogP contribution in [0.15, 0.2) is 0 Å². The largest absolute Gasteiger partial charge is 0.310 e. The lowest BCUT2D eigenvalue weighted by Gasteiger charge is -2.37. The molecule has 1 aliphatic carbocycles. The standard InChI is InChI=1S/C13H26N2O2S/c1-10-9-11(7-8-15(10)2)14-12-5-4-6-13(12)18(3,16)17/h10-14H,4-9H2,1-3H3. The van der Waals surface area contributed by atoms with Crippen LogP contribution in [0.3, 0.4) is 0 Å². The first-order valence-electron chi connectivity index (χ1n) is 7.03. The average molecular weight is 274 g/mol. The maximum Gasteiger partial charge on any atom is 0.151 e. The Balaban J connectivity index is 1.93. The number of likely N-dealkylation sites (tertiary alicyclic amines) is 1. The molecule has 0 aromatic heterocycles. The summed E-state index contributed by atoms with van der Waals surface area (Å²) in [5.74, 6) is 0. The quantitative estimate of drug-likeness (QED) is 0.835. The van der Waals surface area contributed by atoms with Crippen LogP contribution in [0.1, 0.15) is 39.0 Å². The van der Waals surface area contributed by atoms with Crippen LogP contribution >= 0.6 is 0 Å². The third-order valence-corrected chi connectivity index (χ3v) is 6.32. The van der Waals surface area contributed by atoms with Crippen molar-refractivity contribution in [1.29, 1.82) is 0 Å². The lowest BCUT2D eigenvalue weighted by molar-refractivity contribution is 0.162. The Kier molecular flexibility index (Phi) is 4.34. The van der Waals surface area contributed by atoms with E-state index in [1.807, 2.05) is 0 Å². The molecule has 0 aromatic carbocycles. The van der Waals surface area contributed by atoms with Crippen LogP contribution in [0.4, 0.5) is 0 Å². The predicted octanol–water partition coefficient (Wildman–Crippen LogP) is 1.02. The minimum Gasteiger partial charge on any atom is -0.310 e. The van der Waals surface area contributed by atoms with Gasteiger partial charge in [-0.3, -0.25) is 0 Å². The van der Waals surface area contributed by atoms with Gasteiger partial charge >= 0.3 is 0 Å². The minimum atomic E-state index is -2.90. The molecule has 0 amide bonds. The fourth-order valence-corrected chi connectivity index (χ4v) is 4.78. The van der Waals surface area contributed by atoms with Gasteiger partial charge in [-0.05, 0) is 46.2 Å². The Labute approximate surface area is 111 Å². The number of rotatable bonds is 3. The molecule has 4 nitrogen and oxygen atoms in total. The van der Waals surface area contributed by atoms with Crippen LogP contribution in [-0.4, -0.2) is 56.5 Å². The first kappa shape index (κ1) is 14.3. The molecule has 4 unspecified atom stereocenters. The molecule has 1 saturated heterocycles. The fourth-order valence-electron chi connectivity index (χ4n) is 3.37. The van der Waals surface area contributed by atoms with Gasteiger partial charge in [-0.2, -0.15) is 0 Å². The molecule has 2 rings (SSSR count). The van der Waals surface area contributed by atoms with Crippen molar-refractivity contribution in [2.24, 2.45) is 0 Å².